The monoisotopic (exact) mass is 286 g/mol. The van der Waals surface area contributed by atoms with Crippen LogP contribution in [0.4, 0.5) is 10.1 Å². The lowest BCUT2D eigenvalue weighted by Crippen LogP contribution is -2.41. The number of nitrogen functional groups attached to an aromatic ring is 1. The van der Waals surface area contributed by atoms with Gasteiger partial charge in [0.1, 0.15) is 15.7 Å². The average Bonchev–Trinajstić information content (AvgIpc) is 2.35. The predicted octanol–water partition coefficient (Wildman–Crippen LogP) is 0.715. The molecule has 1 aliphatic rings. The molecule has 0 unspecified atom stereocenters. The van der Waals surface area contributed by atoms with Gasteiger partial charge in [0.2, 0.25) is 0 Å². The number of anilines is 1. The molecule has 104 valence electrons. The van der Waals surface area contributed by atoms with E-state index in [4.69, 9.17) is 5.73 Å². The van der Waals surface area contributed by atoms with Crippen molar-refractivity contribution in [2.45, 2.75) is 18.9 Å². The number of benzene rings is 1. The van der Waals surface area contributed by atoms with Gasteiger partial charge in [-0.2, -0.15) is 0 Å². The zero-order valence-corrected chi connectivity index (χ0v) is 11.0. The van der Waals surface area contributed by atoms with E-state index >= 15 is 0 Å². The van der Waals surface area contributed by atoms with Gasteiger partial charge in [-0.25, -0.2) is 12.8 Å². The van der Waals surface area contributed by atoms with Crippen LogP contribution < -0.4 is 11.1 Å². The Labute approximate surface area is 110 Å². The van der Waals surface area contributed by atoms with Crippen LogP contribution in [0.2, 0.25) is 0 Å². The topological polar surface area (TPSA) is 89.3 Å². The molecule has 1 saturated heterocycles. The normalized spacial score (nSPS) is 19.0. The standard InChI is InChI=1S/C12H15FN2O3S/c13-10-3-1-2-9(11(10)14)12(16)15-8-4-6-19(17,18)7-5-8/h1-3,8H,4-7,14H2,(H,15,16). The summed E-state index contributed by atoms with van der Waals surface area (Å²) in [5.74, 6) is -0.979. The maximum atomic E-state index is 13.2. The van der Waals surface area contributed by atoms with Crippen LogP contribution in [0, 0.1) is 5.82 Å². The molecule has 1 fully saturated rings. The Hall–Kier alpha value is -1.63. The van der Waals surface area contributed by atoms with E-state index in [2.05, 4.69) is 5.32 Å². The number of nitrogens with two attached hydrogens (primary N) is 1. The minimum Gasteiger partial charge on any atom is -0.396 e. The number of carbonyl (C=O) groups excluding carboxylic acids is 1. The number of halogens is 1. The third-order valence-electron chi connectivity index (χ3n) is 3.19. The number of nitrogens with one attached hydrogen (secondary N) is 1. The summed E-state index contributed by atoms with van der Waals surface area (Å²) < 4.78 is 35.8. The highest BCUT2D eigenvalue weighted by atomic mass is 32.2. The van der Waals surface area contributed by atoms with Crippen LogP contribution in [0.3, 0.4) is 0 Å². The molecular formula is C12H15FN2O3S. The third-order valence-corrected chi connectivity index (χ3v) is 4.90. The van der Waals surface area contributed by atoms with Crippen LogP contribution in [0.15, 0.2) is 18.2 Å². The van der Waals surface area contributed by atoms with Crippen molar-refractivity contribution in [1.82, 2.24) is 5.32 Å². The smallest absolute Gasteiger partial charge is 0.253 e. The zero-order valence-electron chi connectivity index (χ0n) is 10.2. The first-order valence-corrected chi connectivity index (χ1v) is 7.76. The van der Waals surface area contributed by atoms with Gasteiger partial charge in [0.15, 0.2) is 0 Å². The van der Waals surface area contributed by atoms with Gasteiger partial charge in [0.05, 0.1) is 22.8 Å². The van der Waals surface area contributed by atoms with E-state index in [0.717, 1.165) is 0 Å². The van der Waals surface area contributed by atoms with Crippen LogP contribution in [-0.2, 0) is 9.84 Å². The molecule has 1 aromatic carbocycles. The van der Waals surface area contributed by atoms with Crippen molar-refractivity contribution >= 4 is 21.4 Å². The Balaban J connectivity index is 2.04. The molecule has 0 radical (unpaired) electrons. The number of hydrogen-bond acceptors (Lipinski definition) is 4. The van der Waals surface area contributed by atoms with E-state index in [1.807, 2.05) is 0 Å². The fraction of sp³-hybridized carbons (Fsp3) is 0.417. The van der Waals surface area contributed by atoms with Gasteiger partial charge < -0.3 is 11.1 Å². The Morgan fingerprint density at radius 2 is 1.95 bits per heavy atom. The van der Waals surface area contributed by atoms with E-state index in [9.17, 15) is 17.6 Å². The lowest BCUT2D eigenvalue weighted by molar-refractivity contribution is 0.0935. The van der Waals surface area contributed by atoms with Crippen molar-refractivity contribution < 1.29 is 17.6 Å². The Kier molecular flexibility index (Phi) is 3.75. The van der Waals surface area contributed by atoms with Crippen molar-refractivity contribution in [2.75, 3.05) is 17.2 Å². The van der Waals surface area contributed by atoms with Gasteiger partial charge in [0.25, 0.3) is 5.91 Å². The van der Waals surface area contributed by atoms with Gasteiger partial charge >= 0.3 is 0 Å². The summed E-state index contributed by atoms with van der Waals surface area (Å²) in [6, 6.07) is 3.82. The zero-order chi connectivity index (χ0) is 14.0. The fourth-order valence-corrected chi connectivity index (χ4v) is 3.52. The van der Waals surface area contributed by atoms with Crippen molar-refractivity contribution in [1.29, 1.82) is 0 Å². The first-order chi connectivity index (χ1) is 8.89. The van der Waals surface area contributed by atoms with Gasteiger partial charge in [0, 0.05) is 6.04 Å². The molecule has 0 saturated carbocycles. The van der Waals surface area contributed by atoms with Gasteiger partial charge in [-0.1, -0.05) is 6.07 Å². The molecule has 1 aromatic rings. The highest BCUT2D eigenvalue weighted by Crippen LogP contribution is 2.17. The molecule has 3 N–H and O–H groups in total. The molecule has 0 aliphatic carbocycles. The number of carbonyl (C=O) groups is 1. The summed E-state index contributed by atoms with van der Waals surface area (Å²) >= 11 is 0. The third kappa shape index (κ3) is 3.23. The second kappa shape index (κ2) is 5.16. The van der Waals surface area contributed by atoms with Crippen LogP contribution in [-0.4, -0.2) is 31.9 Å². The lowest BCUT2D eigenvalue weighted by Gasteiger charge is -2.23. The summed E-state index contributed by atoms with van der Waals surface area (Å²) in [5, 5.41) is 2.69. The molecule has 1 heterocycles. The number of rotatable bonds is 2. The lowest BCUT2D eigenvalue weighted by atomic mass is 10.1. The molecule has 0 aromatic heterocycles. The van der Waals surface area contributed by atoms with Crippen molar-refractivity contribution in [3.05, 3.63) is 29.6 Å². The average molecular weight is 286 g/mol. The molecule has 0 spiro atoms. The second-order valence-corrected chi connectivity index (χ2v) is 6.90. The van der Waals surface area contributed by atoms with Gasteiger partial charge in [-0.3, -0.25) is 4.79 Å². The fourth-order valence-electron chi connectivity index (χ4n) is 2.03. The summed E-state index contributed by atoms with van der Waals surface area (Å²) in [6.45, 7) is 0. The van der Waals surface area contributed by atoms with E-state index in [0.29, 0.717) is 12.8 Å². The molecular weight excluding hydrogens is 271 g/mol. The summed E-state index contributed by atoms with van der Waals surface area (Å²) in [7, 11) is -2.97. The van der Waals surface area contributed by atoms with E-state index in [1.165, 1.54) is 18.2 Å². The van der Waals surface area contributed by atoms with Gasteiger partial charge in [-0.05, 0) is 25.0 Å². The predicted molar refractivity (Wildman–Crippen MR) is 70.0 cm³/mol. The van der Waals surface area contributed by atoms with Crippen LogP contribution >= 0.6 is 0 Å². The number of para-hydroxylation sites is 1. The Bertz CT molecular complexity index is 587. The molecule has 7 heteroatoms. The molecule has 0 bridgehead atoms. The molecule has 1 amide bonds. The number of hydrogen-bond donors (Lipinski definition) is 2. The second-order valence-electron chi connectivity index (χ2n) is 4.60. The van der Waals surface area contributed by atoms with Crippen LogP contribution in [0.25, 0.3) is 0 Å². The summed E-state index contributed by atoms with van der Waals surface area (Å²) in [4.78, 5) is 11.9. The molecule has 2 rings (SSSR count). The van der Waals surface area contributed by atoms with E-state index < -0.39 is 21.6 Å². The minimum absolute atomic E-state index is 0.0661. The Morgan fingerprint density at radius 3 is 2.58 bits per heavy atom. The highest BCUT2D eigenvalue weighted by molar-refractivity contribution is 7.91. The van der Waals surface area contributed by atoms with Crippen LogP contribution in [0.1, 0.15) is 23.2 Å². The van der Waals surface area contributed by atoms with Crippen molar-refractivity contribution in [3.63, 3.8) is 0 Å². The number of sulfone groups is 1. The van der Waals surface area contributed by atoms with E-state index in [-0.39, 0.29) is 28.8 Å². The van der Waals surface area contributed by atoms with Crippen molar-refractivity contribution in [3.8, 4) is 0 Å². The van der Waals surface area contributed by atoms with Crippen molar-refractivity contribution in [2.24, 2.45) is 0 Å². The first-order valence-electron chi connectivity index (χ1n) is 5.94. The molecule has 1 aliphatic heterocycles. The molecule has 0 atom stereocenters. The largest absolute Gasteiger partial charge is 0.396 e. The Morgan fingerprint density at radius 1 is 1.32 bits per heavy atom. The number of amides is 1. The summed E-state index contributed by atoms with van der Waals surface area (Å²) in [6.07, 6.45) is 0.757. The SMILES string of the molecule is Nc1c(F)cccc1C(=O)NC1CCS(=O)(=O)CC1. The summed E-state index contributed by atoms with van der Waals surface area (Å²) in [5.41, 5.74) is 5.39. The van der Waals surface area contributed by atoms with Crippen LogP contribution in [0.5, 0.6) is 0 Å². The quantitative estimate of drug-likeness (QED) is 0.784. The first kappa shape index (κ1) is 13.8. The molecule has 19 heavy (non-hydrogen) atoms. The van der Waals surface area contributed by atoms with E-state index in [1.54, 1.807) is 0 Å². The molecule has 5 nitrogen and oxygen atoms in total. The highest BCUT2D eigenvalue weighted by Gasteiger charge is 2.25. The minimum atomic E-state index is -2.97. The maximum absolute atomic E-state index is 13.2. The van der Waals surface area contributed by atoms with Gasteiger partial charge in [-0.15, -0.1) is 0 Å². The maximum Gasteiger partial charge on any atom is 0.253 e.